The predicted octanol–water partition coefficient (Wildman–Crippen LogP) is 2.45. The van der Waals surface area contributed by atoms with Crippen LogP contribution in [0.25, 0.3) is 0 Å². The van der Waals surface area contributed by atoms with E-state index in [1.807, 2.05) is 6.92 Å². The monoisotopic (exact) mass is 298 g/mol. The molecule has 19 heavy (non-hydrogen) atoms. The van der Waals surface area contributed by atoms with Crippen molar-refractivity contribution in [3.8, 4) is 5.75 Å². The minimum Gasteiger partial charge on any atom is -0.497 e. The summed E-state index contributed by atoms with van der Waals surface area (Å²) in [6.45, 7) is 1.85. The van der Waals surface area contributed by atoms with Crippen molar-refractivity contribution in [2.45, 2.75) is 11.1 Å². The average molecular weight is 298 g/mol. The molecule has 2 aromatic rings. The van der Waals surface area contributed by atoms with Crippen LogP contribution >= 0.6 is 11.3 Å². The summed E-state index contributed by atoms with van der Waals surface area (Å²) in [4.78, 5) is 0.930. The summed E-state index contributed by atoms with van der Waals surface area (Å²) in [6, 6.07) is 8.14. The van der Waals surface area contributed by atoms with E-state index in [0.717, 1.165) is 4.88 Å². The Kier molecular flexibility index (Phi) is 3.68. The Morgan fingerprint density at radius 1 is 1.26 bits per heavy atom. The van der Waals surface area contributed by atoms with E-state index in [0.29, 0.717) is 17.1 Å². The molecule has 2 rings (SSSR count). The number of benzene rings is 1. The van der Waals surface area contributed by atoms with Crippen molar-refractivity contribution in [2.24, 2.45) is 0 Å². The van der Waals surface area contributed by atoms with Crippen molar-refractivity contribution < 1.29 is 13.2 Å². The van der Waals surface area contributed by atoms with Gasteiger partial charge in [-0.15, -0.1) is 11.3 Å². The number of thiophene rings is 1. The lowest BCUT2D eigenvalue weighted by atomic mass is 10.2. The van der Waals surface area contributed by atoms with Gasteiger partial charge in [0.15, 0.2) is 0 Å². The highest BCUT2D eigenvalue weighted by Crippen LogP contribution is 2.28. The Labute approximate surface area is 116 Å². The number of aryl methyl sites for hydroxylation is 1. The molecule has 0 radical (unpaired) electrons. The van der Waals surface area contributed by atoms with Gasteiger partial charge in [-0.05, 0) is 31.2 Å². The van der Waals surface area contributed by atoms with Crippen LogP contribution in [0.4, 0.5) is 11.4 Å². The lowest BCUT2D eigenvalue weighted by Crippen LogP contribution is -2.12. The van der Waals surface area contributed by atoms with Crippen LogP contribution in [-0.2, 0) is 10.0 Å². The minimum absolute atomic E-state index is 0.257. The summed E-state index contributed by atoms with van der Waals surface area (Å²) < 4.78 is 32.1. The molecule has 0 saturated heterocycles. The van der Waals surface area contributed by atoms with Gasteiger partial charge in [0.25, 0.3) is 10.0 Å². The fourth-order valence-electron chi connectivity index (χ4n) is 1.50. The summed E-state index contributed by atoms with van der Waals surface area (Å²) in [7, 11) is -2.10. The Hall–Kier alpha value is -1.73. The van der Waals surface area contributed by atoms with E-state index < -0.39 is 10.0 Å². The topological polar surface area (TPSA) is 81.4 Å². The van der Waals surface area contributed by atoms with Crippen molar-refractivity contribution in [1.29, 1.82) is 0 Å². The molecule has 0 aliphatic heterocycles. The van der Waals surface area contributed by atoms with Gasteiger partial charge in [0, 0.05) is 10.9 Å². The molecule has 0 atom stereocenters. The van der Waals surface area contributed by atoms with Crippen LogP contribution in [0.2, 0.25) is 0 Å². The molecule has 0 aliphatic carbocycles. The molecule has 1 heterocycles. The smallest absolute Gasteiger partial charge is 0.271 e. The molecule has 5 nitrogen and oxygen atoms in total. The molecule has 7 heteroatoms. The van der Waals surface area contributed by atoms with Crippen LogP contribution in [0, 0.1) is 6.92 Å². The molecule has 0 fully saturated rings. The standard InChI is InChI=1S/C12H14N2O3S2/c1-8-3-6-12(18-8)19(15,16)14-11-7-9(17-2)4-5-10(11)13/h3-7,14H,13H2,1-2H3. The summed E-state index contributed by atoms with van der Waals surface area (Å²) >= 11 is 1.21. The first-order valence-corrected chi connectivity index (χ1v) is 7.75. The number of rotatable bonds is 4. The van der Waals surface area contributed by atoms with Gasteiger partial charge >= 0.3 is 0 Å². The van der Waals surface area contributed by atoms with E-state index in [4.69, 9.17) is 10.5 Å². The van der Waals surface area contributed by atoms with E-state index in [9.17, 15) is 8.42 Å². The highest BCUT2D eigenvalue weighted by Gasteiger charge is 2.17. The third kappa shape index (κ3) is 2.99. The molecule has 0 amide bonds. The molecule has 0 bridgehead atoms. The molecular formula is C12H14N2O3S2. The molecule has 3 N–H and O–H groups in total. The number of anilines is 2. The van der Waals surface area contributed by atoms with Gasteiger partial charge in [0.05, 0.1) is 18.5 Å². The van der Waals surface area contributed by atoms with Crippen LogP contribution in [-0.4, -0.2) is 15.5 Å². The maximum absolute atomic E-state index is 12.2. The maximum Gasteiger partial charge on any atom is 0.271 e. The molecule has 0 unspecified atom stereocenters. The van der Waals surface area contributed by atoms with Crippen LogP contribution in [0.15, 0.2) is 34.5 Å². The van der Waals surface area contributed by atoms with E-state index in [1.165, 1.54) is 18.4 Å². The minimum atomic E-state index is -3.61. The Morgan fingerprint density at radius 2 is 2.00 bits per heavy atom. The van der Waals surface area contributed by atoms with Gasteiger partial charge in [-0.3, -0.25) is 4.72 Å². The number of methoxy groups -OCH3 is 1. The van der Waals surface area contributed by atoms with E-state index in [2.05, 4.69) is 4.72 Å². The van der Waals surface area contributed by atoms with Crippen LogP contribution < -0.4 is 15.2 Å². The third-order valence-electron chi connectivity index (χ3n) is 2.49. The third-order valence-corrected chi connectivity index (χ3v) is 5.34. The van der Waals surface area contributed by atoms with Gasteiger partial charge in [0.1, 0.15) is 9.96 Å². The van der Waals surface area contributed by atoms with E-state index in [-0.39, 0.29) is 4.21 Å². The predicted molar refractivity (Wildman–Crippen MR) is 77.3 cm³/mol. The number of hydrogen-bond donors (Lipinski definition) is 2. The highest BCUT2D eigenvalue weighted by atomic mass is 32.2. The maximum atomic E-state index is 12.2. The highest BCUT2D eigenvalue weighted by molar-refractivity contribution is 7.94. The van der Waals surface area contributed by atoms with Gasteiger partial charge < -0.3 is 10.5 Å². The molecular weight excluding hydrogens is 284 g/mol. The lowest BCUT2D eigenvalue weighted by molar-refractivity contribution is 0.415. The zero-order valence-electron chi connectivity index (χ0n) is 10.5. The van der Waals surface area contributed by atoms with Gasteiger partial charge in [0.2, 0.25) is 0 Å². The quantitative estimate of drug-likeness (QED) is 0.849. The Bertz CT molecular complexity index is 693. The first-order chi connectivity index (χ1) is 8.92. The second kappa shape index (κ2) is 5.10. The van der Waals surface area contributed by atoms with Crippen LogP contribution in [0.3, 0.4) is 0 Å². The van der Waals surface area contributed by atoms with Crippen molar-refractivity contribution in [3.05, 3.63) is 35.2 Å². The number of hydrogen-bond acceptors (Lipinski definition) is 5. The van der Waals surface area contributed by atoms with Crippen molar-refractivity contribution in [1.82, 2.24) is 0 Å². The van der Waals surface area contributed by atoms with Crippen molar-refractivity contribution >= 4 is 32.7 Å². The summed E-state index contributed by atoms with van der Waals surface area (Å²) in [5, 5.41) is 0. The fourth-order valence-corrected chi connectivity index (χ4v) is 3.86. The van der Waals surface area contributed by atoms with Gasteiger partial charge in [-0.1, -0.05) is 0 Å². The number of nitrogen functional groups attached to an aromatic ring is 1. The van der Waals surface area contributed by atoms with E-state index >= 15 is 0 Å². The molecule has 102 valence electrons. The largest absolute Gasteiger partial charge is 0.497 e. The second-order valence-corrected chi connectivity index (χ2v) is 7.12. The molecule has 0 saturated carbocycles. The number of nitrogens with one attached hydrogen (secondary N) is 1. The number of sulfonamides is 1. The zero-order valence-corrected chi connectivity index (χ0v) is 12.1. The van der Waals surface area contributed by atoms with Crippen molar-refractivity contribution in [2.75, 3.05) is 17.6 Å². The molecule has 0 spiro atoms. The normalized spacial score (nSPS) is 11.3. The first-order valence-electron chi connectivity index (χ1n) is 5.45. The average Bonchev–Trinajstić information content (AvgIpc) is 2.79. The Balaban J connectivity index is 2.35. The molecule has 1 aromatic heterocycles. The van der Waals surface area contributed by atoms with Gasteiger partial charge in [-0.25, -0.2) is 8.42 Å². The second-order valence-electron chi connectivity index (χ2n) is 3.92. The van der Waals surface area contributed by atoms with Crippen LogP contribution in [0.5, 0.6) is 5.75 Å². The van der Waals surface area contributed by atoms with Crippen molar-refractivity contribution in [3.63, 3.8) is 0 Å². The van der Waals surface area contributed by atoms with Crippen LogP contribution in [0.1, 0.15) is 4.88 Å². The lowest BCUT2D eigenvalue weighted by Gasteiger charge is -2.10. The number of nitrogens with two attached hydrogens (primary N) is 1. The molecule has 1 aromatic carbocycles. The van der Waals surface area contributed by atoms with E-state index in [1.54, 1.807) is 30.3 Å². The molecule has 0 aliphatic rings. The fraction of sp³-hybridized carbons (Fsp3) is 0.167. The van der Waals surface area contributed by atoms with Gasteiger partial charge in [-0.2, -0.15) is 0 Å². The SMILES string of the molecule is COc1ccc(N)c(NS(=O)(=O)c2ccc(C)s2)c1. The first kappa shape index (κ1) is 13.7. The Morgan fingerprint density at radius 3 is 2.58 bits per heavy atom. The summed E-state index contributed by atoms with van der Waals surface area (Å²) in [5.74, 6) is 0.536. The summed E-state index contributed by atoms with van der Waals surface area (Å²) in [5.41, 5.74) is 6.41. The summed E-state index contributed by atoms with van der Waals surface area (Å²) in [6.07, 6.45) is 0. The zero-order chi connectivity index (χ0) is 14.0. The number of ether oxygens (including phenoxy) is 1.